The summed E-state index contributed by atoms with van der Waals surface area (Å²) < 4.78 is 35.7. The first-order valence-corrected chi connectivity index (χ1v) is 11.5. The minimum atomic E-state index is -2.00. The number of nitrogens with one attached hydrogen (secondary N) is 1. The van der Waals surface area contributed by atoms with Crippen LogP contribution >= 0.6 is 0 Å². The van der Waals surface area contributed by atoms with Gasteiger partial charge in [-0.3, -0.25) is 4.79 Å². The Hall–Kier alpha value is -3.74. The summed E-state index contributed by atoms with van der Waals surface area (Å²) >= 11 is 0. The maximum atomic E-state index is 14.2. The molecule has 0 aliphatic heterocycles. The van der Waals surface area contributed by atoms with Gasteiger partial charge in [0.25, 0.3) is 5.91 Å². The molecule has 0 aliphatic carbocycles. The van der Waals surface area contributed by atoms with E-state index in [9.17, 15) is 13.6 Å². The highest BCUT2D eigenvalue weighted by molar-refractivity contribution is 5.84. The number of hydrogen-bond acceptors (Lipinski definition) is 3. The standard InChI is InChI=1S/C28H29F2N3O2/c1-17-6-12-24(18(2)14-17)26(19(3)32-27(34)28(4,5)30)35-23-11-13-25-20(15-23)16-31-33(25)22-9-7-21(29)8-10-22/h6-16,19,26H,1-5H3,(H,32,34). The monoisotopic (exact) mass is 477 g/mol. The number of rotatable bonds is 7. The van der Waals surface area contributed by atoms with E-state index >= 15 is 0 Å². The van der Waals surface area contributed by atoms with Crippen LogP contribution in [-0.2, 0) is 4.79 Å². The molecule has 0 saturated heterocycles. The molecule has 0 radical (unpaired) electrons. The summed E-state index contributed by atoms with van der Waals surface area (Å²) in [4.78, 5) is 12.4. The fourth-order valence-electron chi connectivity index (χ4n) is 4.05. The van der Waals surface area contributed by atoms with Gasteiger partial charge in [0.1, 0.15) is 17.7 Å². The molecule has 7 heteroatoms. The van der Waals surface area contributed by atoms with Crippen molar-refractivity contribution in [2.75, 3.05) is 0 Å². The number of hydrogen-bond donors (Lipinski definition) is 1. The van der Waals surface area contributed by atoms with E-state index in [1.807, 2.05) is 44.2 Å². The van der Waals surface area contributed by atoms with Gasteiger partial charge in [-0.15, -0.1) is 0 Å². The van der Waals surface area contributed by atoms with Crippen molar-refractivity contribution < 1.29 is 18.3 Å². The molecule has 5 nitrogen and oxygen atoms in total. The molecular weight excluding hydrogens is 448 g/mol. The van der Waals surface area contributed by atoms with E-state index in [-0.39, 0.29) is 5.82 Å². The zero-order valence-electron chi connectivity index (χ0n) is 20.5. The molecule has 3 aromatic carbocycles. The summed E-state index contributed by atoms with van der Waals surface area (Å²) in [5, 5.41) is 8.04. The molecule has 2 atom stereocenters. The predicted molar refractivity (Wildman–Crippen MR) is 133 cm³/mol. The molecule has 4 aromatic rings. The molecule has 2 unspecified atom stereocenters. The third-order valence-electron chi connectivity index (χ3n) is 5.96. The van der Waals surface area contributed by atoms with E-state index in [1.165, 1.54) is 26.0 Å². The van der Waals surface area contributed by atoms with Crippen LogP contribution in [0.25, 0.3) is 16.6 Å². The molecule has 182 valence electrons. The molecule has 1 amide bonds. The summed E-state index contributed by atoms with van der Waals surface area (Å²) in [6, 6.07) is 17.2. The zero-order valence-corrected chi connectivity index (χ0v) is 20.5. The number of carbonyl (C=O) groups excluding carboxylic acids is 1. The Kier molecular flexibility index (Phi) is 6.61. The van der Waals surface area contributed by atoms with Gasteiger partial charge in [0, 0.05) is 5.39 Å². The number of aryl methyl sites for hydroxylation is 2. The van der Waals surface area contributed by atoms with Crippen LogP contribution in [0.1, 0.15) is 43.6 Å². The molecule has 0 saturated carbocycles. The van der Waals surface area contributed by atoms with E-state index in [4.69, 9.17) is 4.74 Å². The summed E-state index contributed by atoms with van der Waals surface area (Å²) in [5.41, 5.74) is 2.61. The first-order chi connectivity index (χ1) is 16.5. The molecule has 1 heterocycles. The van der Waals surface area contributed by atoms with Gasteiger partial charge in [0.15, 0.2) is 5.67 Å². The molecular formula is C28H29F2N3O2. The topological polar surface area (TPSA) is 56.1 Å². The number of alkyl halides is 1. The highest BCUT2D eigenvalue weighted by Gasteiger charge is 2.31. The number of carbonyl (C=O) groups is 1. The first kappa shape index (κ1) is 24.4. The number of fused-ring (bicyclic) bond motifs is 1. The lowest BCUT2D eigenvalue weighted by Crippen LogP contribution is -2.46. The number of halogens is 2. The normalized spacial score (nSPS) is 13.5. The van der Waals surface area contributed by atoms with Crippen molar-refractivity contribution in [2.45, 2.75) is 52.4 Å². The summed E-state index contributed by atoms with van der Waals surface area (Å²) in [6.45, 7) is 8.26. The van der Waals surface area contributed by atoms with Gasteiger partial charge in [-0.05, 0) is 88.2 Å². The van der Waals surface area contributed by atoms with Crippen LogP contribution in [0.4, 0.5) is 8.78 Å². The van der Waals surface area contributed by atoms with Gasteiger partial charge >= 0.3 is 0 Å². The van der Waals surface area contributed by atoms with Crippen molar-refractivity contribution in [3.63, 3.8) is 0 Å². The second kappa shape index (κ2) is 9.49. The predicted octanol–water partition coefficient (Wildman–Crippen LogP) is 6.15. The van der Waals surface area contributed by atoms with E-state index in [0.717, 1.165) is 33.3 Å². The minimum Gasteiger partial charge on any atom is -0.484 e. The Balaban J connectivity index is 1.67. The second-order valence-electron chi connectivity index (χ2n) is 9.39. The number of benzene rings is 3. The fraction of sp³-hybridized carbons (Fsp3) is 0.286. The highest BCUT2D eigenvalue weighted by atomic mass is 19.1. The average Bonchev–Trinajstić information content (AvgIpc) is 3.21. The van der Waals surface area contributed by atoms with Crippen molar-refractivity contribution >= 4 is 16.8 Å². The third-order valence-corrected chi connectivity index (χ3v) is 5.96. The van der Waals surface area contributed by atoms with Gasteiger partial charge in [0.05, 0.1) is 23.4 Å². The van der Waals surface area contributed by atoms with Crippen LogP contribution < -0.4 is 10.1 Å². The Morgan fingerprint density at radius 1 is 1.06 bits per heavy atom. The molecule has 0 bridgehead atoms. The van der Waals surface area contributed by atoms with Crippen molar-refractivity contribution in [3.8, 4) is 11.4 Å². The summed E-state index contributed by atoms with van der Waals surface area (Å²) in [6.07, 6.45) is 1.17. The lowest BCUT2D eigenvalue weighted by Gasteiger charge is -2.29. The molecule has 0 fully saturated rings. The van der Waals surface area contributed by atoms with Crippen LogP contribution in [0.3, 0.4) is 0 Å². The average molecular weight is 478 g/mol. The molecule has 0 spiro atoms. The first-order valence-electron chi connectivity index (χ1n) is 11.5. The van der Waals surface area contributed by atoms with E-state index in [2.05, 4.69) is 16.5 Å². The van der Waals surface area contributed by atoms with Crippen LogP contribution in [0.2, 0.25) is 0 Å². The van der Waals surface area contributed by atoms with Crippen LogP contribution in [0, 0.1) is 19.7 Å². The second-order valence-corrected chi connectivity index (χ2v) is 9.39. The Labute approximate surface area is 203 Å². The molecule has 35 heavy (non-hydrogen) atoms. The molecule has 1 aromatic heterocycles. The van der Waals surface area contributed by atoms with Crippen LogP contribution in [0.5, 0.6) is 5.75 Å². The van der Waals surface area contributed by atoms with Gasteiger partial charge in [-0.2, -0.15) is 5.10 Å². The van der Waals surface area contributed by atoms with Gasteiger partial charge < -0.3 is 10.1 Å². The van der Waals surface area contributed by atoms with Crippen molar-refractivity contribution in [1.82, 2.24) is 15.1 Å². The van der Waals surface area contributed by atoms with Crippen LogP contribution in [0.15, 0.2) is 66.9 Å². The molecule has 4 rings (SSSR count). The van der Waals surface area contributed by atoms with Crippen LogP contribution in [-0.4, -0.2) is 27.4 Å². The Morgan fingerprint density at radius 3 is 2.43 bits per heavy atom. The van der Waals surface area contributed by atoms with Gasteiger partial charge in [-0.1, -0.05) is 23.8 Å². The number of aromatic nitrogens is 2. The molecule has 1 N–H and O–H groups in total. The van der Waals surface area contributed by atoms with Gasteiger partial charge in [0.2, 0.25) is 0 Å². The summed E-state index contributed by atoms with van der Waals surface area (Å²) in [7, 11) is 0. The largest absolute Gasteiger partial charge is 0.484 e. The molecule has 0 aliphatic rings. The number of nitrogens with zero attached hydrogens (tertiary/aromatic N) is 2. The van der Waals surface area contributed by atoms with E-state index < -0.39 is 23.7 Å². The quantitative estimate of drug-likeness (QED) is 0.347. The highest BCUT2D eigenvalue weighted by Crippen LogP contribution is 2.31. The number of ether oxygens (including phenoxy) is 1. The zero-order chi connectivity index (χ0) is 25.3. The SMILES string of the molecule is Cc1ccc(C(Oc2ccc3c(cnn3-c3ccc(F)cc3)c2)C(C)NC(=O)C(C)(C)F)c(C)c1. The van der Waals surface area contributed by atoms with E-state index in [0.29, 0.717) is 5.75 Å². The maximum absolute atomic E-state index is 14.2. The number of amides is 1. The fourth-order valence-corrected chi connectivity index (χ4v) is 4.05. The third kappa shape index (κ3) is 5.34. The smallest absolute Gasteiger partial charge is 0.257 e. The maximum Gasteiger partial charge on any atom is 0.257 e. The lowest BCUT2D eigenvalue weighted by atomic mass is 9.96. The Morgan fingerprint density at radius 2 is 1.77 bits per heavy atom. The van der Waals surface area contributed by atoms with Crippen molar-refractivity contribution in [1.29, 1.82) is 0 Å². The van der Waals surface area contributed by atoms with E-state index in [1.54, 1.807) is 29.9 Å². The minimum absolute atomic E-state index is 0.310. The van der Waals surface area contributed by atoms with Crippen molar-refractivity contribution in [2.24, 2.45) is 0 Å². The lowest BCUT2D eigenvalue weighted by molar-refractivity contribution is -0.132. The summed E-state index contributed by atoms with van der Waals surface area (Å²) in [5.74, 6) is -0.420. The Bertz CT molecular complexity index is 1360. The van der Waals surface area contributed by atoms with Crippen molar-refractivity contribution in [3.05, 3.63) is 89.4 Å². The van der Waals surface area contributed by atoms with Gasteiger partial charge in [-0.25, -0.2) is 13.5 Å².